The maximum atomic E-state index is 11.7. The van der Waals surface area contributed by atoms with Crippen molar-refractivity contribution < 1.29 is 4.79 Å². The average molecular weight is 335 g/mol. The van der Waals surface area contributed by atoms with Crippen molar-refractivity contribution in [3.05, 3.63) is 28.2 Å². The van der Waals surface area contributed by atoms with E-state index in [1.807, 2.05) is 39.0 Å². The highest BCUT2D eigenvalue weighted by atomic mass is 79.9. The third kappa shape index (κ3) is 3.61. The Morgan fingerprint density at radius 1 is 1.40 bits per heavy atom. The molecule has 2 nitrogen and oxygen atoms in total. The number of anilines is 1. The van der Waals surface area contributed by atoms with Crippen molar-refractivity contribution in [1.29, 1.82) is 0 Å². The lowest BCUT2D eigenvalue weighted by molar-refractivity contribution is -0.117. The summed E-state index contributed by atoms with van der Waals surface area (Å²) < 4.78 is 0.338. The molecule has 1 aromatic carbocycles. The summed E-state index contributed by atoms with van der Waals surface area (Å²) in [6, 6.07) is 5.81. The highest BCUT2D eigenvalue weighted by molar-refractivity contribution is 9.10. The molecule has 0 unspecified atom stereocenters. The monoisotopic (exact) mass is 333 g/mol. The Morgan fingerprint density at radius 2 is 2.00 bits per heavy atom. The minimum Gasteiger partial charge on any atom is -0.324 e. The number of nitrogens with one attached hydrogen (secondary N) is 1. The summed E-state index contributed by atoms with van der Waals surface area (Å²) in [5.74, 6) is -0.0629. The van der Waals surface area contributed by atoms with E-state index in [0.717, 1.165) is 15.7 Å². The second-order valence-corrected chi connectivity index (χ2v) is 6.75. The van der Waals surface area contributed by atoms with Gasteiger partial charge in [0, 0.05) is 4.47 Å². The van der Waals surface area contributed by atoms with Gasteiger partial charge in [0.05, 0.1) is 10.0 Å². The predicted octanol–water partition coefficient (Wildman–Crippen LogP) is 3.87. The summed E-state index contributed by atoms with van der Waals surface area (Å²) in [5, 5.41) is 2.84. The van der Waals surface area contributed by atoms with Gasteiger partial charge in [-0.25, -0.2) is 0 Å². The van der Waals surface area contributed by atoms with Gasteiger partial charge >= 0.3 is 0 Å². The van der Waals surface area contributed by atoms with Gasteiger partial charge in [0.25, 0.3) is 0 Å². The molecule has 0 saturated carbocycles. The maximum Gasteiger partial charge on any atom is 0.240 e. The highest BCUT2D eigenvalue weighted by Crippen LogP contribution is 2.25. The van der Waals surface area contributed by atoms with Crippen LogP contribution in [-0.4, -0.2) is 10.2 Å². The molecule has 0 aliphatic heterocycles. The molecule has 1 rings (SSSR count). The van der Waals surface area contributed by atoms with E-state index in [1.165, 1.54) is 0 Å². The zero-order chi connectivity index (χ0) is 11.6. The Kier molecular flexibility index (Phi) is 3.95. The number of rotatable bonds is 2. The van der Waals surface area contributed by atoms with E-state index in [9.17, 15) is 4.79 Å². The summed E-state index contributed by atoms with van der Waals surface area (Å²) in [6.45, 7) is 5.62. The second-order valence-electron chi connectivity index (χ2n) is 3.91. The van der Waals surface area contributed by atoms with Crippen LogP contribution in [0.15, 0.2) is 22.7 Å². The number of benzene rings is 1. The molecule has 0 saturated heterocycles. The molecule has 1 aromatic rings. The first kappa shape index (κ1) is 12.7. The number of halogens is 2. The highest BCUT2D eigenvalue weighted by Gasteiger charge is 2.23. The van der Waals surface area contributed by atoms with Crippen LogP contribution in [0.5, 0.6) is 0 Å². The van der Waals surface area contributed by atoms with Gasteiger partial charge in [-0.15, -0.1) is 0 Å². The first-order valence-electron chi connectivity index (χ1n) is 4.57. The van der Waals surface area contributed by atoms with E-state index >= 15 is 0 Å². The van der Waals surface area contributed by atoms with E-state index in [0.29, 0.717) is 0 Å². The zero-order valence-electron chi connectivity index (χ0n) is 8.90. The molecule has 0 bridgehead atoms. The predicted molar refractivity (Wildman–Crippen MR) is 70.5 cm³/mol. The van der Waals surface area contributed by atoms with Crippen LogP contribution in [0, 0.1) is 6.92 Å². The van der Waals surface area contributed by atoms with Crippen molar-refractivity contribution in [2.24, 2.45) is 0 Å². The van der Waals surface area contributed by atoms with E-state index < -0.39 is 4.32 Å². The van der Waals surface area contributed by atoms with E-state index in [4.69, 9.17) is 0 Å². The third-order valence-electron chi connectivity index (χ3n) is 1.91. The molecule has 0 aromatic heterocycles. The van der Waals surface area contributed by atoms with Crippen LogP contribution in [0.4, 0.5) is 5.69 Å². The van der Waals surface area contributed by atoms with Gasteiger partial charge in [0.15, 0.2) is 0 Å². The molecule has 1 N–H and O–H groups in total. The fourth-order valence-electron chi connectivity index (χ4n) is 0.992. The molecule has 0 spiro atoms. The van der Waals surface area contributed by atoms with Crippen molar-refractivity contribution in [2.75, 3.05) is 5.32 Å². The van der Waals surface area contributed by atoms with Crippen LogP contribution < -0.4 is 5.32 Å². The Morgan fingerprint density at radius 3 is 2.47 bits per heavy atom. The number of amides is 1. The van der Waals surface area contributed by atoms with Gasteiger partial charge in [-0.2, -0.15) is 0 Å². The van der Waals surface area contributed by atoms with E-state index in [-0.39, 0.29) is 5.91 Å². The van der Waals surface area contributed by atoms with Crippen molar-refractivity contribution in [3.8, 4) is 0 Å². The molecule has 15 heavy (non-hydrogen) atoms. The molecule has 0 radical (unpaired) electrons. The van der Waals surface area contributed by atoms with Gasteiger partial charge in [-0.05, 0) is 54.4 Å². The van der Waals surface area contributed by atoms with Gasteiger partial charge < -0.3 is 5.32 Å². The van der Waals surface area contributed by atoms with Crippen molar-refractivity contribution in [1.82, 2.24) is 0 Å². The van der Waals surface area contributed by atoms with Crippen LogP contribution in [0.1, 0.15) is 19.4 Å². The number of alkyl halides is 1. The summed E-state index contributed by atoms with van der Waals surface area (Å²) in [6.07, 6.45) is 0. The first-order valence-corrected chi connectivity index (χ1v) is 6.16. The van der Waals surface area contributed by atoms with Crippen molar-refractivity contribution in [2.45, 2.75) is 25.1 Å². The summed E-state index contributed by atoms with van der Waals surface area (Å²) >= 11 is 6.73. The largest absolute Gasteiger partial charge is 0.324 e. The minimum atomic E-state index is -0.558. The van der Waals surface area contributed by atoms with Crippen LogP contribution in [-0.2, 0) is 4.79 Å². The van der Waals surface area contributed by atoms with Crippen LogP contribution in [0.2, 0.25) is 0 Å². The van der Waals surface area contributed by atoms with Gasteiger partial charge in [0.1, 0.15) is 0 Å². The summed E-state index contributed by atoms with van der Waals surface area (Å²) in [4.78, 5) is 11.7. The molecule has 1 amide bonds. The normalized spacial score (nSPS) is 11.3. The number of carbonyl (C=O) groups is 1. The van der Waals surface area contributed by atoms with Crippen LogP contribution in [0.25, 0.3) is 0 Å². The van der Waals surface area contributed by atoms with E-state index in [2.05, 4.69) is 37.2 Å². The third-order valence-corrected chi connectivity index (χ3v) is 2.93. The number of carbonyl (C=O) groups excluding carboxylic acids is 1. The lowest BCUT2D eigenvalue weighted by atomic mass is 10.2. The molecule has 82 valence electrons. The van der Waals surface area contributed by atoms with Gasteiger partial charge in [0.2, 0.25) is 5.91 Å². The smallest absolute Gasteiger partial charge is 0.240 e. The topological polar surface area (TPSA) is 29.1 Å². The van der Waals surface area contributed by atoms with Crippen LogP contribution in [0.3, 0.4) is 0 Å². The molecular weight excluding hydrogens is 322 g/mol. The number of hydrogen-bond acceptors (Lipinski definition) is 1. The zero-order valence-corrected chi connectivity index (χ0v) is 12.1. The summed E-state index contributed by atoms with van der Waals surface area (Å²) in [5.41, 5.74) is 1.94. The Hall–Kier alpha value is -0.350. The SMILES string of the molecule is Cc1ccc(NC(=O)C(C)(C)Br)c(Br)c1. The maximum absolute atomic E-state index is 11.7. The standard InChI is InChI=1S/C11H13Br2NO/c1-7-4-5-9(8(12)6-7)14-10(15)11(2,3)13/h4-6H,1-3H3,(H,14,15). The van der Waals surface area contributed by atoms with Crippen molar-refractivity contribution in [3.63, 3.8) is 0 Å². The molecule has 0 atom stereocenters. The fourth-order valence-corrected chi connectivity index (χ4v) is 1.68. The van der Waals surface area contributed by atoms with Gasteiger partial charge in [-0.3, -0.25) is 4.79 Å². The summed E-state index contributed by atoms with van der Waals surface area (Å²) in [7, 11) is 0. The molecule has 0 aliphatic carbocycles. The molecule has 0 fully saturated rings. The molecule has 4 heteroatoms. The number of aryl methyl sites for hydroxylation is 1. The lowest BCUT2D eigenvalue weighted by Crippen LogP contribution is -2.31. The fraction of sp³-hybridized carbons (Fsp3) is 0.364. The molecular formula is C11H13Br2NO. The van der Waals surface area contributed by atoms with Gasteiger partial charge in [-0.1, -0.05) is 22.0 Å². The van der Waals surface area contributed by atoms with Crippen LogP contribution >= 0.6 is 31.9 Å². The minimum absolute atomic E-state index is 0.0629. The Bertz CT molecular complexity index is 383. The average Bonchev–Trinajstić information content (AvgIpc) is 2.08. The van der Waals surface area contributed by atoms with E-state index in [1.54, 1.807) is 0 Å². The molecule has 0 heterocycles. The Balaban J connectivity index is 2.87. The Labute approximate surface area is 107 Å². The van der Waals surface area contributed by atoms with Crippen molar-refractivity contribution >= 4 is 43.5 Å². The first-order chi connectivity index (χ1) is 6.80. The molecule has 0 aliphatic rings. The lowest BCUT2D eigenvalue weighted by Gasteiger charge is -2.16. The number of hydrogen-bond donors (Lipinski definition) is 1. The second kappa shape index (κ2) is 4.66. The quantitative estimate of drug-likeness (QED) is 0.817.